The molecule has 0 radical (unpaired) electrons. The number of piperazine rings is 1. The van der Waals surface area contributed by atoms with Crippen molar-refractivity contribution in [3.8, 4) is 11.3 Å². The van der Waals surface area contributed by atoms with Gasteiger partial charge in [0.2, 0.25) is 0 Å². The molecule has 2 amide bonds. The van der Waals surface area contributed by atoms with E-state index in [-0.39, 0.29) is 42.0 Å². The van der Waals surface area contributed by atoms with Crippen molar-refractivity contribution in [2.24, 2.45) is 28.1 Å². The Labute approximate surface area is 449 Å². The summed E-state index contributed by atoms with van der Waals surface area (Å²) in [6, 6.07) is 16.8. The number of furan rings is 1. The number of ketones is 1. The average molecular weight is 1070 g/mol. The van der Waals surface area contributed by atoms with E-state index >= 15 is 0 Å². The van der Waals surface area contributed by atoms with Crippen molar-refractivity contribution in [2.45, 2.75) is 85.0 Å². The van der Waals surface area contributed by atoms with Crippen LogP contribution in [-0.2, 0) is 28.6 Å². The van der Waals surface area contributed by atoms with E-state index in [1.165, 1.54) is 30.7 Å². The van der Waals surface area contributed by atoms with E-state index in [1.807, 2.05) is 76.2 Å². The molecule has 3 aromatic heterocycles. The highest BCUT2D eigenvalue weighted by atomic mass is 35.5. The first-order valence-electron chi connectivity index (χ1n) is 25.9. The van der Waals surface area contributed by atoms with Gasteiger partial charge >= 0.3 is 11.9 Å². The summed E-state index contributed by atoms with van der Waals surface area (Å²) in [5, 5.41) is 10.2. The average Bonchev–Trinajstić information content (AvgIpc) is 4.43. The van der Waals surface area contributed by atoms with Gasteiger partial charge in [0, 0.05) is 78.1 Å². The zero-order valence-corrected chi connectivity index (χ0v) is 45.1. The van der Waals surface area contributed by atoms with Gasteiger partial charge in [0.25, 0.3) is 11.8 Å². The molecule has 3 N–H and O–H groups in total. The fourth-order valence-electron chi connectivity index (χ4n) is 13.6. The molecule has 6 heterocycles. The summed E-state index contributed by atoms with van der Waals surface area (Å²) in [5.74, 6) is 0.208. The number of rotatable bonds is 14. The highest BCUT2D eigenvalue weighted by molar-refractivity contribution is 7.17. The summed E-state index contributed by atoms with van der Waals surface area (Å²) in [6.45, 7) is 16.2. The van der Waals surface area contributed by atoms with Gasteiger partial charge in [-0.25, -0.2) is 15.0 Å². The van der Waals surface area contributed by atoms with Crippen LogP contribution in [0.1, 0.15) is 89.9 Å². The maximum Gasteiger partial charge on any atom is 0.316 e. The van der Waals surface area contributed by atoms with Crippen LogP contribution in [0.2, 0.25) is 5.02 Å². The monoisotopic (exact) mass is 1070 g/mol. The SMILES string of the molecule is COC(=O)CC1C2(C)C3=C(C)C(c4ccoc4-c4ccc(C(=O)NCCCN5CCN(c6cc(Nc7ncc(C(=O)Nc8c(C)cccc8Cl)s7)nc(C)n6)CC5)cc4)CC3OC2C2OC(=O)C3(C)C=CC(=O)C1(C)C23. The molecule has 5 aromatic rings. The molecule has 4 fully saturated rings. The molecule has 3 aliphatic heterocycles. The van der Waals surface area contributed by atoms with Crippen LogP contribution in [0.25, 0.3) is 11.3 Å². The Bertz CT molecular complexity index is 3220. The molecule has 396 valence electrons. The number of amides is 2. The lowest BCUT2D eigenvalue weighted by molar-refractivity contribution is -0.190. The van der Waals surface area contributed by atoms with Gasteiger partial charge in [-0.05, 0) is 94.5 Å². The third-order valence-corrected chi connectivity index (χ3v) is 18.6. The van der Waals surface area contributed by atoms with Crippen molar-refractivity contribution in [3.05, 3.63) is 123 Å². The maximum atomic E-state index is 14.2. The van der Waals surface area contributed by atoms with Crippen LogP contribution < -0.4 is 20.9 Å². The summed E-state index contributed by atoms with van der Waals surface area (Å²) >= 11 is 7.54. The first kappa shape index (κ1) is 51.4. The fourth-order valence-corrected chi connectivity index (χ4v) is 14.6. The van der Waals surface area contributed by atoms with Crippen LogP contribution >= 0.6 is 22.9 Å². The number of esters is 2. The number of fused-ring (bicyclic) bond motifs is 4. The van der Waals surface area contributed by atoms with Gasteiger partial charge < -0.3 is 39.5 Å². The number of anilines is 4. The number of thiazole rings is 1. The largest absolute Gasteiger partial charge is 0.469 e. The molecule has 6 aliphatic rings. The van der Waals surface area contributed by atoms with Crippen molar-refractivity contribution in [2.75, 3.05) is 61.9 Å². The van der Waals surface area contributed by atoms with Crippen molar-refractivity contribution >= 4 is 74.9 Å². The Morgan fingerprint density at radius 2 is 1.74 bits per heavy atom. The van der Waals surface area contributed by atoms with Crippen molar-refractivity contribution in [3.63, 3.8) is 0 Å². The molecule has 9 atom stereocenters. The topological polar surface area (TPSA) is 207 Å². The molecule has 9 unspecified atom stereocenters. The van der Waals surface area contributed by atoms with Gasteiger partial charge in [0.05, 0.1) is 48.2 Å². The Morgan fingerprint density at radius 1 is 0.961 bits per heavy atom. The van der Waals surface area contributed by atoms with Crippen LogP contribution in [0.4, 0.5) is 22.5 Å². The Morgan fingerprint density at radius 3 is 2.49 bits per heavy atom. The first-order chi connectivity index (χ1) is 36.4. The highest BCUT2D eigenvalue weighted by Gasteiger charge is 2.78. The van der Waals surface area contributed by atoms with E-state index in [4.69, 9.17) is 35.2 Å². The number of benzene rings is 2. The van der Waals surface area contributed by atoms with Gasteiger partial charge in [-0.2, -0.15) is 0 Å². The van der Waals surface area contributed by atoms with Crippen molar-refractivity contribution < 1.29 is 42.6 Å². The summed E-state index contributed by atoms with van der Waals surface area (Å²) in [4.78, 5) is 86.2. The molecular formula is C57H61ClN8O9S. The second-order valence-electron chi connectivity index (χ2n) is 21.6. The fraction of sp³-hybridized carbons (Fsp3) is 0.439. The zero-order chi connectivity index (χ0) is 53.4. The molecule has 0 bridgehead atoms. The molecule has 76 heavy (non-hydrogen) atoms. The van der Waals surface area contributed by atoms with Gasteiger partial charge in [0.1, 0.15) is 40.3 Å². The van der Waals surface area contributed by atoms with Gasteiger partial charge in [-0.3, -0.25) is 28.9 Å². The lowest BCUT2D eigenvalue weighted by Gasteiger charge is -2.59. The second kappa shape index (κ2) is 19.7. The van der Waals surface area contributed by atoms with Gasteiger partial charge in [-0.1, -0.05) is 72.7 Å². The van der Waals surface area contributed by atoms with Crippen LogP contribution in [-0.4, -0.2) is 114 Å². The minimum Gasteiger partial charge on any atom is -0.469 e. The molecular weight excluding hydrogens is 1010 g/mol. The van der Waals surface area contributed by atoms with Crippen molar-refractivity contribution in [1.82, 2.24) is 25.2 Å². The number of methoxy groups -OCH3 is 1. The summed E-state index contributed by atoms with van der Waals surface area (Å²) in [7, 11) is 1.36. The highest BCUT2D eigenvalue weighted by Crippen LogP contribution is 2.72. The molecule has 2 aromatic carbocycles. The van der Waals surface area contributed by atoms with E-state index in [0.717, 1.165) is 72.8 Å². The van der Waals surface area contributed by atoms with E-state index in [1.54, 1.807) is 18.4 Å². The van der Waals surface area contributed by atoms with E-state index in [2.05, 4.69) is 49.6 Å². The minimum absolute atomic E-state index is 0.0126. The summed E-state index contributed by atoms with van der Waals surface area (Å²) in [5.41, 5.74) is 2.97. The number of para-hydroxylation sites is 1. The number of halogens is 1. The number of hydrogen-bond donors (Lipinski definition) is 3. The van der Waals surface area contributed by atoms with Crippen LogP contribution in [0.15, 0.2) is 94.8 Å². The van der Waals surface area contributed by atoms with Crippen LogP contribution in [0.3, 0.4) is 0 Å². The number of carbonyl (C=O) groups is 5. The predicted octanol–water partition coefficient (Wildman–Crippen LogP) is 8.86. The van der Waals surface area contributed by atoms with E-state index < -0.39 is 46.3 Å². The molecule has 17 nitrogen and oxygen atoms in total. The lowest BCUT2D eigenvalue weighted by atomic mass is 9.42. The lowest BCUT2D eigenvalue weighted by Crippen LogP contribution is -2.66. The first-order valence-corrected chi connectivity index (χ1v) is 27.1. The smallest absolute Gasteiger partial charge is 0.316 e. The van der Waals surface area contributed by atoms with Gasteiger partial charge in [-0.15, -0.1) is 0 Å². The Balaban J connectivity index is 0.686. The molecule has 1 saturated carbocycles. The number of hydrogen-bond acceptors (Lipinski definition) is 16. The predicted molar refractivity (Wildman–Crippen MR) is 287 cm³/mol. The van der Waals surface area contributed by atoms with Crippen LogP contribution in [0.5, 0.6) is 0 Å². The number of aryl methyl sites for hydroxylation is 2. The minimum atomic E-state index is -1.10. The second-order valence-corrected chi connectivity index (χ2v) is 23.0. The van der Waals surface area contributed by atoms with Crippen molar-refractivity contribution in [1.29, 1.82) is 0 Å². The normalized spacial score (nSPS) is 28.4. The molecule has 19 heteroatoms. The molecule has 3 saturated heterocycles. The number of carbonyl (C=O) groups excluding carboxylic acids is 5. The van der Waals surface area contributed by atoms with E-state index in [0.29, 0.717) is 56.7 Å². The zero-order valence-electron chi connectivity index (χ0n) is 43.5. The number of ether oxygens (including phenoxy) is 3. The Hall–Kier alpha value is -6.73. The summed E-state index contributed by atoms with van der Waals surface area (Å²) in [6.07, 6.45) is 6.24. The molecule has 3 aliphatic carbocycles. The number of aromatic nitrogens is 3. The number of nitrogens with zero attached hydrogens (tertiary/aromatic N) is 5. The standard InChI is InChI=1S/C57H61ClN8O9S/c1-30-10-8-11-37(58)46(30)64-52(70)39-29-60-54(76-39)63-42-28-43(62-32(3)61-42)66-23-21-65(22-24-66)20-9-19-59-51(69)34-14-12-33(13-15-34)47-35(17-25-73-47)36-26-38-45(31(36)2)57(6)40(27-44(68)72-7)56(5)41(67)16-18-55(4)49(56)48(50(57)74-38)75-53(55)71/h8,10-18,25,28-29,36,38,40,48-50H,9,19-24,26-27H2,1-7H3,(H,59,69)(H,64,70)(H,60,61,62,63). The number of nitrogens with one attached hydrogen (secondary N) is 3. The van der Waals surface area contributed by atoms with E-state index in [9.17, 15) is 24.0 Å². The van der Waals surface area contributed by atoms with Gasteiger partial charge in [0.15, 0.2) is 10.9 Å². The summed E-state index contributed by atoms with van der Waals surface area (Å²) < 4.78 is 24.6. The third kappa shape index (κ3) is 8.61. The molecule has 11 rings (SSSR count). The molecule has 0 spiro atoms. The van der Waals surface area contributed by atoms with Crippen LogP contribution in [0, 0.1) is 41.9 Å². The maximum absolute atomic E-state index is 14.2. The third-order valence-electron chi connectivity index (χ3n) is 17.3. The quantitative estimate of drug-likeness (QED) is 0.0539. The Kier molecular flexibility index (Phi) is 13.3. The number of allylic oxidation sites excluding steroid dienone is 2.